The largest absolute Gasteiger partial charge is 0.487 e. The summed E-state index contributed by atoms with van der Waals surface area (Å²) in [6.07, 6.45) is 3.27. The summed E-state index contributed by atoms with van der Waals surface area (Å²) in [5.41, 5.74) is 1.85. The van der Waals surface area contributed by atoms with Crippen molar-refractivity contribution in [1.82, 2.24) is 44.9 Å². The summed E-state index contributed by atoms with van der Waals surface area (Å²) >= 11 is 6.38. The maximum Gasteiger partial charge on any atom is 0.422 e. The van der Waals surface area contributed by atoms with Gasteiger partial charge in [-0.25, -0.2) is 14.6 Å². The van der Waals surface area contributed by atoms with Crippen LogP contribution in [0.15, 0.2) is 43.1 Å². The Balaban J connectivity index is 1.01. The lowest BCUT2D eigenvalue weighted by Gasteiger charge is -2.61. The van der Waals surface area contributed by atoms with Crippen LogP contribution in [0.3, 0.4) is 0 Å². The molecule has 1 aromatic carbocycles. The summed E-state index contributed by atoms with van der Waals surface area (Å²) in [7, 11) is 0. The van der Waals surface area contributed by atoms with Crippen LogP contribution in [0.2, 0.25) is 5.02 Å². The van der Waals surface area contributed by atoms with Crippen LogP contribution in [0.1, 0.15) is 25.8 Å². The third-order valence-corrected chi connectivity index (χ3v) is 8.80. The van der Waals surface area contributed by atoms with Crippen molar-refractivity contribution in [1.29, 1.82) is 0 Å². The standard InChI is InChI=1S/C29H32ClF3N10O4/c1-18(9-42-16-36-39-40-42)47-25-4-19(2-3-23(25)30)20-7-34-27(35-8-20)37-24-10-43(38-26(24)46-15-29(31,32)33)21-5-28(6-21)13-41(14-28)22-11-44-17-45-12-22/h2-4,7-8,10,16,18,21-22H,5-6,9,11-15,17H2,1H3,(H,34,35,37)/t18-/m0/s1. The zero-order valence-corrected chi connectivity index (χ0v) is 26.1. The number of nitrogens with one attached hydrogen (secondary N) is 1. The average molecular weight is 677 g/mol. The highest BCUT2D eigenvalue weighted by Crippen LogP contribution is 2.55. The van der Waals surface area contributed by atoms with Crippen molar-refractivity contribution in [3.05, 3.63) is 48.1 Å². The van der Waals surface area contributed by atoms with Gasteiger partial charge in [-0.2, -0.15) is 13.2 Å². The van der Waals surface area contributed by atoms with Crippen molar-refractivity contribution in [3.8, 4) is 22.8 Å². The van der Waals surface area contributed by atoms with E-state index in [1.54, 1.807) is 40.1 Å². The van der Waals surface area contributed by atoms with E-state index in [2.05, 4.69) is 40.8 Å². The molecule has 1 N–H and O–H groups in total. The molecular formula is C29H32ClF3N10O4. The van der Waals surface area contributed by atoms with Gasteiger partial charge >= 0.3 is 6.18 Å². The van der Waals surface area contributed by atoms with Gasteiger partial charge in [0.25, 0.3) is 5.88 Å². The molecule has 2 aliphatic heterocycles. The molecule has 18 heteroatoms. The van der Waals surface area contributed by atoms with E-state index in [1.165, 1.54) is 6.33 Å². The number of nitrogens with zero attached hydrogens (tertiary/aromatic N) is 9. The van der Waals surface area contributed by atoms with Gasteiger partial charge in [-0.05, 0) is 53.3 Å². The van der Waals surface area contributed by atoms with E-state index in [4.69, 9.17) is 30.5 Å². The summed E-state index contributed by atoms with van der Waals surface area (Å²) in [6, 6.07) is 5.60. The van der Waals surface area contributed by atoms with E-state index in [9.17, 15) is 13.2 Å². The van der Waals surface area contributed by atoms with Crippen LogP contribution >= 0.6 is 11.6 Å². The van der Waals surface area contributed by atoms with Gasteiger partial charge in [0.1, 0.15) is 30.7 Å². The fourth-order valence-corrected chi connectivity index (χ4v) is 6.43. The first kappa shape index (κ1) is 31.5. The molecule has 0 amide bonds. The van der Waals surface area contributed by atoms with Crippen LogP contribution in [0.5, 0.6) is 11.6 Å². The highest BCUT2D eigenvalue weighted by Gasteiger charge is 2.54. The third kappa shape index (κ3) is 7.27. The summed E-state index contributed by atoms with van der Waals surface area (Å²) in [5, 5.41) is 18.9. The van der Waals surface area contributed by atoms with Crippen LogP contribution in [0.25, 0.3) is 11.1 Å². The van der Waals surface area contributed by atoms with Crippen molar-refractivity contribution in [2.24, 2.45) is 5.41 Å². The van der Waals surface area contributed by atoms with E-state index in [1.807, 2.05) is 13.0 Å². The number of anilines is 2. The van der Waals surface area contributed by atoms with E-state index in [0.717, 1.165) is 31.5 Å². The van der Waals surface area contributed by atoms with Gasteiger partial charge in [-0.3, -0.25) is 9.58 Å². The molecule has 0 radical (unpaired) electrons. The Kier molecular flexibility index (Phi) is 8.63. The van der Waals surface area contributed by atoms with Gasteiger partial charge < -0.3 is 24.3 Å². The highest BCUT2D eigenvalue weighted by molar-refractivity contribution is 6.32. The second kappa shape index (κ2) is 12.9. The van der Waals surface area contributed by atoms with Gasteiger partial charge in [0.15, 0.2) is 6.61 Å². The SMILES string of the molecule is C[C@@H](Cn1cnnn1)Oc1cc(-c2cnc(Nc3cn(C4CC5(C4)CN(C4COCOC4)C5)nc3OCC(F)(F)F)nc2)ccc1Cl. The summed E-state index contributed by atoms with van der Waals surface area (Å²) in [5.74, 6) is 0.468. The van der Waals surface area contributed by atoms with E-state index < -0.39 is 12.8 Å². The number of rotatable bonds is 11. The van der Waals surface area contributed by atoms with Crippen molar-refractivity contribution in [3.63, 3.8) is 0 Å². The maximum absolute atomic E-state index is 13.0. The minimum Gasteiger partial charge on any atom is -0.487 e. The number of ether oxygens (including phenoxy) is 4. The van der Waals surface area contributed by atoms with Gasteiger partial charge in [0.2, 0.25) is 5.95 Å². The molecule has 5 heterocycles. The average Bonchev–Trinajstić information content (AvgIpc) is 3.66. The first-order valence-electron chi connectivity index (χ1n) is 15.1. The zero-order valence-electron chi connectivity index (χ0n) is 25.3. The van der Waals surface area contributed by atoms with Gasteiger partial charge in [0.05, 0.1) is 43.1 Å². The Labute approximate surface area is 272 Å². The molecule has 0 unspecified atom stereocenters. The molecule has 3 aliphatic rings. The van der Waals surface area contributed by atoms with Crippen molar-refractivity contribution in [2.45, 2.75) is 50.7 Å². The van der Waals surface area contributed by atoms with E-state index in [0.29, 0.717) is 42.9 Å². The molecular weight excluding hydrogens is 645 g/mol. The molecule has 250 valence electrons. The van der Waals surface area contributed by atoms with Crippen molar-refractivity contribution < 1.29 is 32.1 Å². The third-order valence-electron chi connectivity index (χ3n) is 8.49. The Morgan fingerprint density at radius 3 is 2.57 bits per heavy atom. The highest BCUT2D eigenvalue weighted by atomic mass is 35.5. The second-order valence-corrected chi connectivity index (χ2v) is 12.6. The fraction of sp³-hybridized carbons (Fsp3) is 0.517. The van der Waals surface area contributed by atoms with Gasteiger partial charge in [0, 0.05) is 31.0 Å². The van der Waals surface area contributed by atoms with Gasteiger partial charge in [-0.1, -0.05) is 17.7 Å². The molecule has 1 atom stereocenters. The Morgan fingerprint density at radius 2 is 1.87 bits per heavy atom. The number of hydrogen-bond acceptors (Lipinski definition) is 12. The number of halogens is 4. The molecule has 1 spiro atoms. The summed E-state index contributed by atoms with van der Waals surface area (Å²) in [4.78, 5) is 11.1. The summed E-state index contributed by atoms with van der Waals surface area (Å²) < 4.78 is 64.3. The lowest BCUT2D eigenvalue weighted by molar-refractivity contribution is -0.182. The molecule has 3 fully saturated rings. The molecule has 2 saturated heterocycles. The fourth-order valence-electron chi connectivity index (χ4n) is 6.27. The molecule has 4 aromatic rings. The Morgan fingerprint density at radius 1 is 1.11 bits per heavy atom. The second-order valence-electron chi connectivity index (χ2n) is 12.2. The molecule has 0 bridgehead atoms. The van der Waals surface area contributed by atoms with Crippen LogP contribution in [-0.2, 0) is 16.0 Å². The maximum atomic E-state index is 13.0. The predicted octanol–water partition coefficient (Wildman–Crippen LogP) is 4.14. The molecule has 14 nitrogen and oxygen atoms in total. The molecule has 3 aromatic heterocycles. The normalized spacial score (nSPS) is 19.3. The minimum atomic E-state index is -4.52. The lowest BCUT2D eigenvalue weighted by atomic mass is 9.60. The predicted molar refractivity (Wildman–Crippen MR) is 160 cm³/mol. The smallest absolute Gasteiger partial charge is 0.422 e. The van der Waals surface area contributed by atoms with Crippen LogP contribution < -0.4 is 14.8 Å². The van der Waals surface area contributed by atoms with Gasteiger partial charge in [-0.15, -0.1) is 10.2 Å². The van der Waals surface area contributed by atoms with Crippen molar-refractivity contribution >= 4 is 23.2 Å². The quantitative estimate of drug-likeness (QED) is 0.244. The number of likely N-dealkylation sites (tertiary alicyclic amines) is 1. The molecule has 7 rings (SSSR count). The number of aromatic nitrogens is 8. The Hall–Kier alpha value is -4.06. The van der Waals surface area contributed by atoms with E-state index >= 15 is 0 Å². The zero-order chi connectivity index (χ0) is 32.6. The van der Waals surface area contributed by atoms with Crippen LogP contribution in [0.4, 0.5) is 24.8 Å². The number of benzene rings is 1. The number of hydrogen-bond donors (Lipinski definition) is 1. The Bertz CT molecular complexity index is 1650. The summed E-state index contributed by atoms with van der Waals surface area (Å²) in [6.45, 7) is 4.36. The first-order valence-corrected chi connectivity index (χ1v) is 15.4. The monoisotopic (exact) mass is 676 g/mol. The van der Waals surface area contributed by atoms with Crippen LogP contribution in [0, 0.1) is 5.41 Å². The van der Waals surface area contributed by atoms with Crippen LogP contribution in [-0.4, -0.2) is 103 Å². The van der Waals surface area contributed by atoms with Crippen molar-refractivity contribution in [2.75, 3.05) is 45.0 Å². The lowest BCUT2D eigenvalue weighted by Crippen LogP contribution is -2.66. The molecule has 1 saturated carbocycles. The molecule has 1 aliphatic carbocycles. The first-order chi connectivity index (χ1) is 22.6. The molecule has 47 heavy (non-hydrogen) atoms. The van der Waals surface area contributed by atoms with E-state index in [-0.39, 0.29) is 41.1 Å². The number of tetrazole rings is 1. The number of alkyl halides is 3. The minimum absolute atomic E-state index is 0.0417. The topological polar surface area (TPSA) is 139 Å².